The Morgan fingerprint density at radius 2 is 1.85 bits per heavy atom. The number of hydrogen-bond donors (Lipinski definition) is 1. The molecule has 3 rings (SSSR count). The number of carbonyl (C=O) groups is 1. The summed E-state index contributed by atoms with van der Waals surface area (Å²) >= 11 is 0. The highest BCUT2D eigenvalue weighted by molar-refractivity contribution is 5.92. The average molecular weight is 361 g/mol. The van der Waals surface area contributed by atoms with Crippen molar-refractivity contribution in [2.45, 2.75) is 13.5 Å². The van der Waals surface area contributed by atoms with Gasteiger partial charge in [-0.15, -0.1) is 0 Å². The van der Waals surface area contributed by atoms with Crippen LogP contribution in [0.4, 0.5) is 11.4 Å². The Morgan fingerprint density at radius 3 is 2.52 bits per heavy atom. The van der Waals surface area contributed by atoms with E-state index in [1.54, 1.807) is 24.3 Å². The van der Waals surface area contributed by atoms with Crippen molar-refractivity contribution in [3.63, 3.8) is 0 Å². The number of pyridine rings is 1. The first-order chi connectivity index (χ1) is 13.2. The first-order valence-corrected chi connectivity index (χ1v) is 8.90. The summed E-state index contributed by atoms with van der Waals surface area (Å²) < 4.78 is 5.22. The van der Waals surface area contributed by atoms with Crippen LogP contribution in [0, 0.1) is 0 Å². The zero-order valence-corrected chi connectivity index (χ0v) is 15.6. The van der Waals surface area contributed by atoms with Gasteiger partial charge >= 0.3 is 0 Å². The van der Waals surface area contributed by atoms with Crippen LogP contribution in [0.25, 0.3) is 0 Å². The first kappa shape index (κ1) is 18.5. The molecule has 0 bridgehead atoms. The van der Waals surface area contributed by atoms with Gasteiger partial charge in [-0.1, -0.05) is 36.4 Å². The number of ether oxygens (including phenoxy) is 1. The van der Waals surface area contributed by atoms with Crippen molar-refractivity contribution in [2.24, 2.45) is 0 Å². The summed E-state index contributed by atoms with van der Waals surface area (Å²) in [5.74, 6) is 0.702. The molecule has 2 aromatic carbocycles. The van der Waals surface area contributed by atoms with E-state index in [4.69, 9.17) is 4.74 Å². The van der Waals surface area contributed by atoms with E-state index < -0.39 is 0 Å². The second kappa shape index (κ2) is 8.85. The molecule has 1 heterocycles. The van der Waals surface area contributed by atoms with Crippen molar-refractivity contribution < 1.29 is 9.53 Å². The molecule has 1 amide bonds. The molecular formula is C22H23N3O2. The predicted molar refractivity (Wildman–Crippen MR) is 107 cm³/mol. The minimum atomic E-state index is -0.0747. The third kappa shape index (κ3) is 4.85. The van der Waals surface area contributed by atoms with E-state index in [1.165, 1.54) is 0 Å². The largest absolute Gasteiger partial charge is 0.497 e. The summed E-state index contributed by atoms with van der Waals surface area (Å²) in [4.78, 5) is 18.9. The van der Waals surface area contributed by atoms with E-state index in [1.807, 2.05) is 67.6 Å². The van der Waals surface area contributed by atoms with Gasteiger partial charge in [0.25, 0.3) is 5.91 Å². The molecule has 0 spiro atoms. The van der Waals surface area contributed by atoms with Crippen LogP contribution in [0.1, 0.15) is 23.0 Å². The summed E-state index contributed by atoms with van der Waals surface area (Å²) in [5, 5.41) is 3.26. The average Bonchev–Trinajstić information content (AvgIpc) is 2.73. The molecule has 3 aromatic rings. The number of nitrogens with one attached hydrogen (secondary N) is 1. The van der Waals surface area contributed by atoms with E-state index in [-0.39, 0.29) is 5.91 Å². The number of anilines is 2. The highest BCUT2D eigenvalue weighted by Crippen LogP contribution is 2.21. The number of rotatable bonds is 7. The predicted octanol–water partition coefficient (Wildman–Crippen LogP) is 4.50. The number of nitrogens with zero attached hydrogens (tertiary/aromatic N) is 2. The summed E-state index contributed by atoms with van der Waals surface area (Å²) in [6.45, 7) is 3.17. The number of aromatic nitrogens is 1. The van der Waals surface area contributed by atoms with E-state index in [0.29, 0.717) is 18.8 Å². The Labute approximate surface area is 159 Å². The highest BCUT2D eigenvalue weighted by Gasteiger charge is 2.15. The molecule has 0 atom stereocenters. The Morgan fingerprint density at radius 1 is 1.04 bits per heavy atom. The standard InChI is InChI=1S/C22H23N3O2/c1-3-25(16-17-8-5-4-6-9-17)22(26)21-13-12-19(15-23-21)24-18-10-7-11-20(14-18)27-2/h4-15,24H,3,16H2,1-2H3. The Kier molecular flexibility index (Phi) is 6.05. The smallest absolute Gasteiger partial charge is 0.272 e. The third-order valence-electron chi connectivity index (χ3n) is 4.23. The van der Waals surface area contributed by atoms with Crippen LogP contribution in [0.15, 0.2) is 72.9 Å². The molecule has 5 heteroatoms. The SMILES string of the molecule is CCN(Cc1ccccc1)C(=O)c1ccc(Nc2cccc(OC)c2)cn1. The topological polar surface area (TPSA) is 54.5 Å². The van der Waals surface area contributed by atoms with E-state index in [9.17, 15) is 4.79 Å². The minimum absolute atomic E-state index is 0.0747. The molecule has 138 valence electrons. The Hall–Kier alpha value is -3.34. The number of amides is 1. The molecule has 0 saturated heterocycles. The van der Waals surface area contributed by atoms with Crippen molar-refractivity contribution >= 4 is 17.3 Å². The second-order valence-corrected chi connectivity index (χ2v) is 6.09. The normalized spacial score (nSPS) is 10.3. The van der Waals surface area contributed by atoms with Gasteiger partial charge in [-0.3, -0.25) is 4.79 Å². The van der Waals surface area contributed by atoms with Crippen LogP contribution >= 0.6 is 0 Å². The van der Waals surface area contributed by atoms with Gasteiger partial charge < -0.3 is 15.0 Å². The van der Waals surface area contributed by atoms with Gasteiger partial charge in [0.15, 0.2) is 0 Å². The fourth-order valence-electron chi connectivity index (χ4n) is 2.75. The molecule has 0 aliphatic carbocycles. The molecule has 0 aliphatic rings. The monoisotopic (exact) mass is 361 g/mol. The molecule has 0 fully saturated rings. The van der Waals surface area contributed by atoms with Crippen molar-refractivity contribution in [3.05, 3.63) is 84.2 Å². The van der Waals surface area contributed by atoms with Crippen molar-refractivity contribution in [1.29, 1.82) is 0 Å². The molecule has 1 N–H and O–H groups in total. The molecule has 5 nitrogen and oxygen atoms in total. The number of methoxy groups -OCH3 is 1. The summed E-state index contributed by atoms with van der Waals surface area (Å²) in [7, 11) is 1.63. The van der Waals surface area contributed by atoms with Crippen LogP contribution in [0.5, 0.6) is 5.75 Å². The summed E-state index contributed by atoms with van der Waals surface area (Å²) in [6, 6.07) is 21.2. The number of benzene rings is 2. The Bertz CT molecular complexity index is 880. The molecular weight excluding hydrogens is 338 g/mol. The van der Waals surface area contributed by atoms with Gasteiger partial charge in [-0.25, -0.2) is 4.98 Å². The summed E-state index contributed by atoms with van der Waals surface area (Å²) in [5.41, 5.74) is 3.24. The number of hydrogen-bond acceptors (Lipinski definition) is 4. The molecule has 27 heavy (non-hydrogen) atoms. The van der Waals surface area contributed by atoms with E-state index in [0.717, 1.165) is 22.7 Å². The van der Waals surface area contributed by atoms with E-state index in [2.05, 4.69) is 10.3 Å². The zero-order chi connectivity index (χ0) is 19.1. The van der Waals surface area contributed by atoms with Crippen molar-refractivity contribution in [2.75, 3.05) is 19.0 Å². The molecule has 0 aliphatic heterocycles. The highest BCUT2D eigenvalue weighted by atomic mass is 16.5. The zero-order valence-electron chi connectivity index (χ0n) is 15.6. The molecule has 0 radical (unpaired) electrons. The Balaban J connectivity index is 1.68. The van der Waals surface area contributed by atoms with E-state index >= 15 is 0 Å². The third-order valence-corrected chi connectivity index (χ3v) is 4.23. The quantitative estimate of drug-likeness (QED) is 0.673. The molecule has 0 unspecified atom stereocenters. The fraction of sp³-hybridized carbons (Fsp3) is 0.182. The van der Waals surface area contributed by atoms with Crippen molar-refractivity contribution in [1.82, 2.24) is 9.88 Å². The fourth-order valence-corrected chi connectivity index (χ4v) is 2.75. The minimum Gasteiger partial charge on any atom is -0.497 e. The van der Waals surface area contributed by atoms with Gasteiger partial charge in [0, 0.05) is 24.8 Å². The second-order valence-electron chi connectivity index (χ2n) is 6.09. The van der Waals surface area contributed by atoms with Gasteiger partial charge in [0.1, 0.15) is 11.4 Å². The van der Waals surface area contributed by atoms with Gasteiger partial charge in [-0.05, 0) is 36.8 Å². The lowest BCUT2D eigenvalue weighted by Gasteiger charge is -2.20. The maximum Gasteiger partial charge on any atom is 0.272 e. The van der Waals surface area contributed by atoms with Crippen LogP contribution < -0.4 is 10.1 Å². The lowest BCUT2D eigenvalue weighted by molar-refractivity contribution is 0.0746. The van der Waals surface area contributed by atoms with Crippen LogP contribution in [0.2, 0.25) is 0 Å². The number of carbonyl (C=O) groups excluding carboxylic acids is 1. The molecule has 1 aromatic heterocycles. The van der Waals surface area contributed by atoms with Crippen LogP contribution in [0.3, 0.4) is 0 Å². The van der Waals surface area contributed by atoms with Gasteiger partial charge in [-0.2, -0.15) is 0 Å². The lowest BCUT2D eigenvalue weighted by Crippen LogP contribution is -2.30. The van der Waals surface area contributed by atoms with Crippen LogP contribution in [-0.2, 0) is 6.54 Å². The maximum absolute atomic E-state index is 12.8. The van der Waals surface area contributed by atoms with Gasteiger partial charge in [0.05, 0.1) is 19.0 Å². The van der Waals surface area contributed by atoms with Crippen molar-refractivity contribution in [3.8, 4) is 5.75 Å². The molecule has 0 saturated carbocycles. The first-order valence-electron chi connectivity index (χ1n) is 8.90. The van der Waals surface area contributed by atoms with Crippen LogP contribution in [-0.4, -0.2) is 29.4 Å². The maximum atomic E-state index is 12.8. The summed E-state index contributed by atoms with van der Waals surface area (Å²) in [6.07, 6.45) is 1.67. The lowest BCUT2D eigenvalue weighted by atomic mass is 10.2. The van der Waals surface area contributed by atoms with Gasteiger partial charge in [0.2, 0.25) is 0 Å².